The van der Waals surface area contributed by atoms with Crippen LogP contribution in [0, 0.1) is 0 Å². The molecule has 0 bridgehead atoms. The minimum atomic E-state index is -4.77. The predicted molar refractivity (Wildman–Crippen MR) is 64.9 cm³/mol. The Kier molecular flexibility index (Phi) is 3.83. The predicted octanol–water partition coefficient (Wildman–Crippen LogP) is 2.12. The second-order valence-electron chi connectivity index (χ2n) is 3.89. The van der Waals surface area contributed by atoms with Gasteiger partial charge in [-0.05, 0) is 12.1 Å². The van der Waals surface area contributed by atoms with E-state index in [0.29, 0.717) is 10.4 Å². The molecule has 0 fully saturated rings. The molecule has 112 valence electrons. The number of methoxy groups -OCH3 is 2. The highest BCUT2D eigenvalue weighted by Gasteiger charge is 2.39. The number of carbonyl (C=O) groups excluding carboxylic acids is 1. The lowest BCUT2D eigenvalue weighted by atomic mass is 10.2. The summed E-state index contributed by atoms with van der Waals surface area (Å²) < 4.78 is 49.6. The molecule has 0 radical (unpaired) electrons. The molecule has 0 aliphatic carbocycles. The number of carbonyl (C=O) groups is 1. The Morgan fingerprint density at radius 3 is 2.38 bits per heavy atom. The minimum Gasteiger partial charge on any atom is -0.493 e. The summed E-state index contributed by atoms with van der Waals surface area (Å²) in [6.07, 6.45) is -4.76. The molecular weight excluding hydrogens is 291 g/mol. The summed E-state index contributed by atoms with van der Waals surface area (Å²) in [6.45, 7) is 0. The van der Waals surface area contributed by atoms with Crippen LogP contribution in [-0.2, 0) is 6.18 Å². The standard InChI is InChI=1S/C12H10F3N3O3/c1-20-9-4-3-7(5-10(9)21-2)18-11(12(13,14)15)8(6-19)16-17-18/h3-6H,1-2H3. The summed E-state index contributed by atoms with van der Waals surface area (Å²) >= 11 is 0. The highest BCUT2D eigenvalue weighted by molar-refractivity contribution is 5.74. The molecule has 0 saturated carbocycles. The van der Waals surface area contributed by atoms with E-state index in [-0.39, 0.29) is 17.7 Å². The van der Waals surface area contributed by atoms with Crippen molar-refractivity contribution in [2.24, 2.45) is 0 Å². The van der Waals surface area contributed by atoms with Crippen molar-refractivity contribution >= 4 is 6.29 Å². The Labute approximate surface area is 117 Å². The molecule has 6 nitrogen and oxygen atoms in total. The number of nitrogens with zero attached hydrogens (tertiary/aromatic N) is 3. The van der Waals surface area contributed by atoms with Crippen LogP contribution < -0.4 is 9.47 Å². The third-order valence-corrected chi connectivity index (χ3v) is 2.69. The van der Waals surface area contributed by atoms with Crippen molar-refractivity contribution in [1.82, 2.24) is 15.0 Å². The average molecular weight is 301 g/mol. The Morgan fingerprint density at radius 1 is 1.19 bits per heavy atom. The van der Waals surface area contributed by atoms with Gasteiger partial charge in [0.25, 0.3) is 0 Å². The van der Waals surface area contributed by atoms with Crippen LogP contribution in [0.4, 0.5) is 13.2 Å². The van der Waals surface area contributed by atoms with Crippen LogP contribution in [0.3, 0.4) is 0 Å². The van der Waals surface area contributed by atoms with Crippen molar-refractivity contribution in [3.63, 3.8) is 0 Å². The van der Waals surface area contributed by atoms with Crippen LogP contribution in [-0.4, -0.2) is 35.5 Å². The van der Waals surface area contributed by atoms with E-state index < -0.39 is 17.6 Å². The zero-order valence-electron chi connectivity index (χ0n) is 11.0. The van der Waals surface area contributed by atoms with Gasteiger partial charge in [0, 0.05) is 6.07 Å². The molecule has 0 atom stereocenters. The average Bonchev–Trinajstić information content (AvgIpc) is 2.90. The molecule has 21 heavy (non-hydrogen) atoms. The normalized spacial score (nSPS) is 11.3. The number of halogens is 3. The number of aldehydes is 1. The Balaban J connectivity index is 2.62. The lowest BCUT2D eigenvalue weighted by Gasteiger charge is -2.12. The maximum Gasteiger partial charge on any atom is 0.435 e. The zero-order chi connectivity index (χ0) is 15.6. The molecule has 2 aromatic rings. The summed E-state index contributed by atoms with van der Waals surface area (Å²) in [7, 11) is 2.75. The van der Waals surface area contributed by atoms with Crippen LogP contribution in [0.15, 0.2) is 18.2 Å². The molecule has 0 N–H and O–H groups in total. The molecule has 0 aliphatic rings. The highest BCUT2D eigenvalue weighted by atomic mass is 19.4. The van der Waals surface area contributed by atoms with E-state index in [4.69, 9.17) is 9.47 Å². The third kappa shape index (κ3) is 2.67. The molecule has 1 aromatic carbocycles. The molecular formula is C12H10F3N3O3. The van der Waals surface area contributed by atoms with Gasteiger partial charge >= 0.3 is 6.18 Å². The summed E-state index contributed by atoms with van der Waals surface area (Å²) in [6, 6.07) is 4.08. The zero-order valence-corrected chi connectivity index (χ0v) is 11.0. The van der Waals surface area contributed by atoms with Gasteiger partial charge in [-0.15, -0.1) is 5.10 Å². The smallest absolute Gasteiger partial charge is 0.435 e. The quantitative estimate of drug-likeness (QED) is 0.809. The number of alkyl halides is 3. The number of hydrogen-bond acceptors (Lipinski definition) is 5. The summed E-state index contributed by atoms with van der Waals surface area (Å²) in [4.78, 5) is 10.7. The summed E-state index contributed by atoms with van der Waals surface area (Å²) in [5, 5.41) is 6.60. The van der Waals surface area contributed by atoms with Crippen LogP contribution in [0.1, 0.15) is 16.2 Å². The lowest BCUT2D eigenvalue weighted by Crippen LogP contribution is -2.15. The molecule has 0 unspecified atom stereocenters. The van der Waals surface area contributed by atoms with Crippen LogP contribution in [0.5, 0.6) is 11.5 Å². The van der Waals surface area contributed by atoms with Crippen molar-refractivity contribution in [2.45, 2.75) is 6.18 Å². The first-order valence-corrected chi connectivity index (χ1v) is 5.62. The fraction of sp³-hybridized carbons (Fsp3) is 0.250. The third-order valence-electron chi connectivity index (χ3n) is 2.69. The van der Waals surface area contributed by atoms with Crippen LogP contribution in [0.25, 0.3) is 5.69 Å². The van der Waals surface area contributed by atoms with Crippen molar-refractivity contribution in [3.05, 3.63) is 29.6 Å². The first kappa shape index (κ1) is 14.8. The van der Waals surface area contributed by atoms with Gasteiger partial charge in [0.05, 0.1) is 19.9 Å². The van der Waals surface area contributed by atoms with E-state index in [1.807, 2.05) is 0 Å². The van der Waals surface area contributed by atoms with Crippen molar-refractivity contribution in [3.8, 4) is 17.2 Å². The molecule has 2 rings (SSSR count). The van der Waals surface area contributed by atoms with Crippen molar-refractivity contribution < 1.29 is 27.4 Å². The molecule has 0 saturated heterocycles. The molecule has 0 spiro atoms. The number of hydrogen-bond donors (Lipinski definition) is 0. The van der Waals surface area contributed by atoms with Gasteiger partial charge in [-0.1, -0.05) is 5.21 Å². The first-order chi connectivity index (χ1) is 9.92. The van der Waals surface area contributed by atoms with E-state index in [2.05, 4.69) is 10.3 Å². The number of benzene rings is 1. The Bertz CT molecular complexity index is 667. The topological polar surface area (TPSA) is 66.2 Å². The molecule has 1 aromatic heterocycles. The maximum atomic E-state index is 13.0. The summed E-state index contributed by atoms with van der Waals surface area (Å²) in [5.41, 5.74) is -1.98. The fourth-order valence-corrected chi connectivity index (χ4v) is 1.78. The van der Waals surface area contributed by atoms with E-state index in [1.165, 1.54) is 32.4 Å². The Morgan fingerprint density at radius 2 is 1.86 bits per heavy atom. The second-order valence-corrected chi connectivity index (χ2v) is 3.89. The van der Waals surface area contributed by atoms with Crippen molar-refractivity contribution in [2.75, 3.05) is 14.2 Å². The van der Waals surface area contributed by atoms with E-state index in [9.17, 15) is 18.0 Å². The Hall–Kier alpha value is -2.58. The molecule has 0 amide bonds. The van der Waals surface area contributed by atoms with Crippen molar-refractivity contribution in [1.29, 1.82) is 0 Å². The van der Waals surface area contributed by atoms with Gasteiger partial charge in [0.2, 0.25) is 0 Å². The SMILES string of the molecule is COc1ccc(-n2nnc(C=O)c2C(F)(F)F)cc1OC. The van der Waals surface area contributed by atoms with E-state index in [1.54, 1.807) is 0 Å². The molecule has 0 aliphatic heterocycles. The fourth-order valence-electron chi connectivity index (χ4n) is 1.78. The van der Waals surface area contributed by atoms with Gasteiger partial charge in [0.15, 0.2) is 29.2 Å². The minimum absolute atomic E-state index is 0.00702. The van der Waals surface area contributed by atoms with Crippen LogP contribution in [0.2, 0.25) is 0 Å². The maximum absolute atomic E-state index is 13.0. The largest absolute Gasteiger partial charge is 0.493 e. The summed E-state index contributed by atoms with van der Waals surface area (Å²) in [5.74, 6) is 0.580. The van der Waals surface area contributed by atoms with Crippen LogP contribution >= 0.6 is 0 Å². The van der Waals surface area contributed by atoms with Gasteiger partial charge in [0.1, 0.15) is 0 Å². The van der Waals surface area contributed by atoms with Gasteiger partial charge in [-0.25, -0.2) is 4.68 Å². The highest BCUT2D eigenvalue weighted by Crippen LogP contribution is 2.34. The van der Waals surface area contributed by atoms with E-state index >= 15 is 0 Å². The van der Waals surface area contributed by atoms with E-state index in [0.717, 1.165) is 0 Å². The van der Waals surface area contributed by atoms with Gasteiger partial charge < -0.3 is 9.47 Å². The number of rotatable bonds is 4. The number of aromatic nitrogens is 3. The molecule has 9 heteroatoms. The molecule has 1 heterocycles. The number of ether oxygens (including phenoxy) is 2. The monoisotopic (exact) mass is 301 g/mol. The lowest BCUT2D eigenvalue weighted by molar-refractivity contribution is -0.143. The second kappa shape index (κ2) is 5.43. The van der Waals surface area contributed by atoms with Gasteiger partial charge in [-0.2, -0.15) is 13.2 Å². The first-order valence-electron chi connectivity index (χ1n) is 5.62. The van der Waals surface area contributed by atoms with Gasteiger partial charge in [-0.3, -0.25) is 4.79 Å².